The molecule has 21 heavy (non-hydrogen) atoms. The summed E-state index contributed by atoms with van der Waals surface area (Å²) in [6, 6.07) is 3.29. The predicted molar refractivity (Wildman–Crippen MR) is 74.9 cm³/mol. The van der Waals surface area contributed by atoms with Crippen LogP contribution in [0.5, 0.6) is 5.75 Å². The van der Waals surface area contributed by atoms with Crippen molar-refractivity contribution in [2.75, 3.05) is 25.7 Å². The second-order valence-corrected chi connectivity index (χ2v) is 8.19. The van der Waals surface area contributed by atoms with Crippen LogP contribution in [0, 0.1) is 0 Å². The number of nitrogens with one attached hydrogen (secondary N) is 1. The van der Waals surface area contributed by atoms with Crippen LogP contribution in [0.1, 0.15) is 10.4 Å². The van der Waals surface area contributed by atoms with E-state index in [-0.39, 0.29) is 28.5 Å². The van der Waals surface area contributed by atoms with E-state index < -0.39 is 25.8 Å². The third kappa shape index (κ3) is 4.99. The summed E-state index contributed by atoms with van der Waals surface area (Å²) in [6.07, 6.45) is 0.990. The number of carbonyl (C=O) groups is 1. The molecule has 0 saturated heterocycles. The third-order valence-electron chi connectivity index (χ3n) is 2.47. The van der Waals surface area contributed by atoms with Crippen LogP contribution in [0.4, 0.5) is 0 Å². The molecule has 2 N–H and O–H groups in total. The molecule has 0 amide bonds. The highest BCUT2D eigenvalue weighted by atomic mass is 32.2. The van der Waals surface area contributed by atoms with Crippen molar-refractivity contribution in [3.05, 3.63) is 23.8 Å². The smallest absolute Gasteiger partial charge is 0.335 e. The monoisotopic (exact) mass is 337 g/mol. The minimum atomic E-state index is -4.00. The Kier molecular flexibility index (Phi) is 5.31. The molecule has 118 valence electrons. The molecule has 0 radical (unpaired) electrons. The van der Waals surface area contributed by atoms with Crippen LogP contribution in [0.3, 0.4) is 0 Å². The first kappa shape index (κ1) is 17.4. The molecule has 0 aromatic heterocycles. The lowest BCUT2D eigenvalue weighted by Crippen LogP contribution is -2.29. The van der Waals surface area contributed by atoms with E-state index in [0.29, 0.717) is 0 Å². The van der Waals surface area contributed by atoms with Gasteiger partial charge in [-0.25, -0.2) is 26.4 Å². The maximum atomic E-state index is 12.0. The highest BCUT2D eigenvalue weighted by Crippen LogP contribution is 2.24. The van der Waals surface area contributed by atoms with Crippen LogP contribution >= 0.6 is 0 Å². The largest absolute Gasteiger partial charge is 0.495 e. The first-order valence-corrected chi connectivity index (χ1v) is 9.20. The molecule has 10 heteroatoms. The van der Waals surface area contributed by atoms with E-state index in [0.717, 1.165) is 24.5 Å². The number of sulfone groups is 1. The van der Waals surface area contributed by atoms with Crippen LogP contribution in [-0.2, 0) is 19.9 Å². The Labute approximate surface area is 122 Å². The van der Waals surface area contributed by atoms with Gasteiger partial charge in [-0.05, 0) is 18.2 Å². The van der Waals surface area contributed by atoms with Crippen molar-refractivity contribution in [3.8, 4) is 5.75 Å². The maximum Gasteiger partial charge on any atom is 0.335 e. The Balaban J connectivity index is 3.05. The van der Waals surface area contributed by atoms with Gasteiger partial charge in [-0.15, -0.1) is 0 Å². The lowest BCUT2D eigenvalue weighted by Gasteiger charge is -2.11. The van der Waals surface area contributed by atoms with Crippen LogP contribution < -0.4 is 9.46 Å². The minimum absolute atomic E-state index is 0.123. The zero-order valence-corrected chi connectivity index (χ0v) is 13.0. The van der Waals surface area contributed by atoms with E-state index >= 15 is 0 Å². The predicted octanol–water partition coefficient (Wildman–Crippen LogP) is -0.284. The summed E-state index contributed by atoms with van der Waals surface area (Å²) in [5, 5.41) is 8.84. The summed E-state index contributed by atoms with van der Waals surface area (Å²) in [5.74, 6) is -1.70. The van der Waals surface area contributed by atoms with Crippen LogP contribution in [0.15, 0.2) is 23.1 Å². The summed E-state index contributed by atoms with van der Waals surface area (Å²) in [6.45, 7) is -0.287. The highest BCUT2D eigenvalue weighted by molar-refractivity contribution is 7.91. The quantitative estimate of drug-likeness (QED) is 0.700. The molecule has 0 aliphatic heterocycles. The molecule has 0 saturated carbocycles. The Morgan fingerprint density at radius 1 is 1.29 bits per heavy atom. The van der Waals surface area contributed by atoms with Crippen LogP contribution in [0.2, 0.25) is 0 Å². The van der Waals surface area contributed by atoms with Crippen LogP contribution in [-0.4, -0.2) is 53.6 Å². The normalized spacial score (nSPS) is 12.1. The van der Waals surface area contributed by atoms with E-state index in [9.17, 15) is 21.6 Å². The summed E-state index contributed by atoms with van der Waals surface area (Å²) >= 11 is 0. The average Bonchev–Trinajstić information content (AvgIpc) is 2.35. The third-order valence-corrected chi connectivity index (χ3v) is 4.91. The van der Waals surface area contributed by atoms with Gasteiger partial charge in [-0.1, -0.05) is 0 Å². The molecule has 0 aliphatic carbocycles. The number of methoxy groups -OCH3 is 1. The summed E-state index contributed by atoms with van der Waals surface area (Å²) in [5.41, 5.74) is -0.123. The summed E-state index contributed by atoms with van der Waals surface area (Å²) < 4.78 is 53.0. The molecule has 1 rings (SSSR count). The SMILES string of the molecule is COc1cc(C(=O)O)ccc1S(=O)(=O)NCCS(C)(=O)=O. The number of benzene rings is 1. The average molecular weight is 337 g/mol. The van der Waals surface area contributed by atoms with Crippen molar-refractivity contribution in [3.63, 3.8) is 0 Å². The molecule has 0 heterocycles. The zero-order chi connectivity index (χ0) is 16.3. The van der Waals surface area contributed by atoms with Crippen molar-refractivity contribution in [2.24, 2.45) is 0 Å². The van der Waals surface area contributed by atoms with Crippen molar-refractivity contribution in [1.29, 1.82) is 0 Å². The summed E-state index contributed by atoms with van der Waals surface area (Å²) in [4.78, 5) is 10.6. The fourth-order valence-electron chi connectivity index (χ4n) is 1.46. The fourth-order valence-corrected chi connectivity index (χ4v) is 3.24. The van der Waals surface area contributed by atoms with E-state index in [4.69, 9.17) is 9.84 Å². The van der Waals surface area contributed by atoms with Gasteiger partial charge in [0, 0.05) is 12.8 Å². The molecule has 0 aliphatic rings. The van der Waals surface area contributed by atoms with Gasteiger partial charge in [-0.2, -0.15) is 0 Å². The van der Waals surface area contributed by atoms with Crippen LogP contribution in [0.25, 0.3) is 0 Å². The van der Waals surface area contributed by atoms with Gasteiger partial charge in [0.05, 0.1) is 18.4 Å². The van der Waals surface area contributed by atoms with Crippen molar-refractivity contribution >= 4 is 25.8 Å². The minimum Gasteiger partial charge on any atom is -0.495 e. The number of hydrogen-bond acceptors (Lipinski definition) is 6. The lowest BCUT2D eigenvalue weighted by molar-refractivity contribution is 0.0696. The first-order chi connectivity index (χ1) is 9.57. The van der Waals surface area contributed by atoms with Crippen molar-refractivity contribution in [2.45, 2.75) is 4.90 Å². The van der Waals surface area contributed by atoms with Gasteiger partial charge in [0.1, 0.15) is 20.5 Å². The number of carboxylic acid groups (broad SMARTS) is 1. The molecular formula is C11H15NO7S2. The molecule has 0 atom stereocenters. The first-order valence-electron chi connectivity index (χ1n) is 5.65. The molecule has 0 fully saturated rings. The van der Waals surface area contributed by atoms with E-state index in [1.54, 1.807) is 0 Å². The van der Waals surface area contributed by atoms with Gasteiger partial charge in [0.2, 0.25) is 10.0 Å². The van der Waals surface area contributed by atoms with E-state index in [1.807, 2.05) is 0 Å². The van der Waals surface area contributed by atoms with Crippen molar-refractivity contribution < 1.29 is 31.5 Å². The number of hydrogen-bond donors (Lipinski definition) is 2. The molecule has 1 aromatic carbocycles. The van der Waals surface area contributed by atoms with E-state index in [1.165, 1.54) is 7.11 Å². The Morgan fingerprint density at radius 3 is 2.38 bits per heavy atom. The zero-order valence-electron chi connectivity index (χ0n) is 11.4. The van der Waals surface area contributed by atoms with Gasteiger partial charge in [-0.3, -0.25) is 0 Å². The second-order valence-electron chi connectivity index (χ2n) is 4.20. The number of aromatic carboxylic acids is 1. The second kappa shape index (κ2) is 6.41. The highest BCUT2D eigenvalue weighted by Gasteiger charge is 2.21. The molecule has 0 bridgehead atoms. The lowest BCUT2D eigenvalue weighted by atomic mass is 10.2. The molecule has 0 spiro atoms. The number of sulfonamides is 1. The molecule has 8 nitrogen and oxygen atoms in total. The molecule has 0 unspecified atom stereocenters. The van der Waals surface area contributed by atoms with Gasteiger partial charge in [0.25, 0.3) is 0 Å². The van der Waals surface area contributed by atoms with Gasteiger partial charge in [0.15, 0.2) is 0 Å². The fraction of sp³-hybridized carbons (Fsp3) is 0.364. The standard InChI is InChI=1S/C11H15NO7S2/c1-19-9-7-8(11(13)14)3-4-10(9)21(17,18)12-5-6-20(2,15)16/h3-4,7,12H,5-6H2,1-2H3,(H,13,14). The van der Waals surface area contributed by atoms with Gasteiger partial charge < -0.3 is 9.84 Å². The Morgan fingerprint density at radius 2 is 1.90 bits per heavy atom. The Hall–Kier alpha value is -1.65. The van der Waals surface area contributed by atoms with Crippen molar-refractivity contribution in [1.82, 2.24) is 4.72 Å². The summed E-state index contributed by atoms with van der Waals surface area (Å²) in [7, 11) is -6.09. The Bertz CT molecular complexity index is 738. The number of carboxylic acids is 1. The number of ether oxygens (including phenoxy) is 1. The molecule has 1 aromatic rings. The maximum absolute atomic E-state index is 12.0. The van der Waals surface area contributed by atoms with E-state index in [2.05, 4.69) is 4.72 Å². The molecular weight excluding hydrogens is 322 g/mol. The number of rotatable bonds is 7. The topological polar surface area (TPSA) is 127 Å². The van der Waals surface area contributed by atoms with Gasteiger partial charge >= 0.3 is 5.97 Å².